The number of benzene rings is 1. The summed E-state index contributed by atoms with van der Waals surface area (Å²) in [5.74, 6) is 1.07. The number of rotatable bonds is 6. The highest BCUT2D eigenvalue weighted by Crippen LogP contribution is 3.01. The number of nitrogens with one attached hydrogen (secondary N) is 2. The topological polar surface area (TPSA) is 50.4 Å². The Bertz CT molecular complexity index is 842. The van der Waals surface area contributed by atoms with E-state index in [0.717, 1.165) is 45.4 Å². The fourth-order valence-corrected chi connectivity index (χ4v) is 9.31. The molecule has 0 bridgehead atoms. The van der Waals surface area contributed by atoms with E-state index in [1.54, 1.807) is 0 Å². The van der Waals surface area contributed by atoms with Gasteiger partial charge in [0.25, 0.3) is 0 Å². The molecular formula is C25H34N2O2. The molecule has 2 N–H and O–H groups in total. The summed E-state index contributed by atoms with van der Waals surface area (Å²) in [6.07, 6.45) is 6.71. The summed E-state index contributed by atoms with van der Waals surface area (Å²) in [4.78, 5) is 13.8. The van der Waals surface area contributed by atoms with Crippen molar-refractivity contribution >= 4 is 5.91 Å². The molecule has 1 amide bonds. The predicted molar refractivity (Wildman–Crippen MR) is 112 cm³/mol. The number of carbonyl (C=O) groups excluding carboxylic acids is 1. The van der Waals surface area contributed by atoms with Crippen LogP contribution in [0.25, 0.3) is 0 Å². The number of hydrogen-bond donors (Lipinski definition) is 2. The van der Waals surface area contributed by atoms with Gasteiger partial charge in [-0.1, -0.05) is 30.3 Å². The lowest BCUT2D eigenvalue weighted by molar-refractivity contribution is -0.483. The van der Waals surface area contributed by atoms with E-state index in [9.17, 15) is 4.79 Å². The van der Waals surface area contributed by atoms with E-state index < -0.39 is 0 Å². The quantitative estimate of drug-likeness (QED) is 0.777. The second kappa shape index (κ2) is 5.85. The fraction of sp³-hybridized carbons (Fsp3) is 0.720. The van der Waals surface area contributed by atoms with Crippen molar-refractivity contribution in [1.29, 1.82) is 0 Å². The summed E-state index contributed by atoms with van der Waals surface area (Å²) in [6.45, 7) is 6.94. The molecule has 0 radical (unpaired) electrons. The molecule has 4 saturated carbocycles. The number of piperidine rings is 1. The molecule has 156 valence electrons. The van der Waals surface area contributed by atoms with Crippen molar-refractivity contribution < 1.29 is 9.53 Å². The third-order valence-electron chi connectivity index (χ3n) is 9.74. The molecule has 4 nitrogen and oxygen atoms in total. The third kappa shape index (κ3) is 1.88. The Morgan fingerprint density at radius 2 is 2.07 bits per heavy atom. The van der Waals surface area contributed by atoms with Gasteiger partial charge in [0, 0.05) is 34.9 Å². The van der Waals surface area contributed by atoms with E-state index in [4.69, 9.17) is 4.74 Å². The summed E-state index contributed by atoms with van der Waals surface area (Å²) < 4.78 is 6.01. The Labute approximate surface area is 174 Å². The zero-order valence-corrected chi connectivity index (χ0v) is 17.8. The molecule has 3 unspecified atom stereocenters. The molecule has 1 aliphatic heterocycles. The molecule has 1 saturated heterocycles. The molecule has 4 aliphatic carbocycles. The second-order valence-electron chi connectivity index (χ2n) is 10.8. The number of ether oxygens (including phenoxy) is 1. The number of carbonyl (C=O) groups is 1. The van der Waals surface area contributed by atoms with Crippen LogP contribution < -0.4 is 10.6 Å². The van der Waals surface area contributed by atoms with Gasteiger partial charge in [0.2, 0.25) is 5.91 Å². The predicted octanol–water partition coefficient (Wildman–Crippen LogP) is 3.41. The lowest BCUT2D eigenvalue weighted by atomic mass is 9.03. The van der Waals surface area contributed by atoms with Gasteiger partial charge in [-0.3, -0.25) is 4.79 Å². The van der Waals surface area contributed by atoms with Gasteiger partial charge in [-0.05, 0) is 70.4 Å². The van der Waals surface area contributed by atoms with Crippen LogP contribution in [0.2, 0.25) is 0 Å². The average molecular weight is 395 g/mol. The second-order valence-corrected chi connectivity index (χ2v) is 10.8. The van der Waals surface area contributed by atoms with Crippen LogP contribution in [0.15, 0.2) is 30.3 Å². The van der Waals surface area contributed by atoms with Crippen molar-refractivity contribution in [2.24, 2.45) is 22.2 Å². The number of hydrogen-bond acceptors (Lipinski definition) is 3. The van der Waals surface area contributed by atoms with E-state index in [1.807, 2.05) is 0 Å². The first kappa shape index (κ1) is 18.4. The van der Waals surface area contributed by atoms with Crippen molar-refractivity contribution in [3.05, 3.63) is 35.9 Å². The van der Waals surface area contributed by atoms with Crippen LogP contribution in [0.3, 0.4) is 0 Å². The zero-order valence-electron chi connectivity index (χ0n) is 17.8. The maximum Gasteiger partial charge on any atom is 0.227 e. The van der Waals surface area contributed by atoms with Crippen molar-refractivity contribution in [1.82, 2.24) is 10.6 Å². The summed E-state index contributed by atoms with van der Waals surface area (Å²) in [7, 11) is 0. The lowest BCUT2D eigenvalue weighted by Gasteiger charge is -2.99. The first-order valence-electron chi connectivity index (χ1n) is 11.7. The van der Waals surface area contributed by atoms with Gasteiger partial charge in [-0.15, -0.1) is 0 Å². The molecule has 4 heteroatoms. The average Bonchev–Trinajstić information content (AvgIpc) is 2.66. The van der Waals surface area contributed by atoms with Crippen LogP contribution in [0.1, 0.15) is 57.9 Å². The molecule has 6 rings (SSSR count). The van der Waals surface area contributed by atoms with Gasteiger partial charge in [-0.25, -0.2) is 0 Å². The highest BCUT2D eigenvalue weighted by molar-refractivity contribution is 5.90. The molecule has 1 spiro atoms. The standard InChI is InChI=1S/C25H34N2O2/c1-3-29-16-22-12-19-13-23(21(28)27-20-9-10-26-17(2)11-20)15-24(14-22,25(19,22)23)18-7-5-4-6-8-18/h4-8,17,19-20,26H,3,9-16H2,1-2H3,(H,27,28)/t17-,19?,20+,22-,23?,24+,25?/m1/s1. The Kier molecular flexibility index (Phi) is 3.71. The molecule has 5 fully saturated rings. The minimum atomic E-state index is -0.144. The SMILES string of the molecule is CCOC[C@@]12CC3CC4(C(=O)N[C@H]5CCN[C@H](C)C5)C[C@](c5ccccc5)(C1)C342. The van der Waals surface area contributed by atoms with Crippen molar-refractivity contribution in [2.45, 2.75) is 69.9 Å². The van der Waals surface area contributed by atoms with Crippen molar-refractivity contribution in [3.63, 3.8) is 0 Å². The normalized spacial score (nSPS) is 48.7. The maximum atomic E-state index is 13.8. The van der Waals surface area contributed by atoms with Gasteiger partial charge in [-0.2, -0.15) is 0 Å². The Morgan fingerprint density at radius 1 is 1.24 bits per heavy atom. The van der Waals surface area contributed by atoms with Gasteiger partial charge in [0.15, 0.2) is 0 Å². The van der Waals surface area contributed by atoms with Crippen molar-refractivity contribution in [3.8, 4) is 0 Å². The first-order chi connectivity index (χ1) is 14.0. The highest BCUT2D eigenvalue weighted by Gasteiger charge is 3.00. The van der Waals surface area contributed by atoms with Crippen LogP contribution in [0.5, 0.6) is 0 Å². The Hall–Kier alpha value is -1.39. The van der Waals surface area contributed by atoms with Crippen LogP contribution in [0, 0.1) is 22.2 Å². The first-order valence-corrected chi connectivity index (χ1v) is 11.7. The summed E-state index contributed by atoms with van der Waals surface area (Å²) >= 11 is 0. The molecule has 1 aromatic rings. The summed E-state index contributed by atoms with van der Waals surface area (Å²) in [6, 6.07) is 11.9. The van der Waals surface area contributed by atoms with E-state index in [1.165, 1.54) is 18.4 Å². The zero-order chi connectivity index (χ0) is 19.9. The van der Waals surface area contributed by atoms with Gasteiger partial charge in [0.1, 0.15) is 0 Å². The molecule has 7 atom stereocenters. The smallest absolute Gasteiger partial charge is 0.227 e. The maximum absolute atomic E-state index is 13.8. The van der Waals surface area contributed by atoms with Crippen LogP contribution in [-0.4, -0.2) is 37.7 Å². The number of amides is 1. The van der Waals surface area contributed by atoms with E-state index in [0.29, 0.717) is 23.9 Å². The van der Waals surface area contributed by atoms with Gasteiger partial charge < -0.3 is 15.4 Å². The molecule has 5 aliphatic rings. The van der Waals surface area contributed by atoms with Crippen molar-refractivity contribution in [2.75, 3.05) is 19.8 Å². The molecular weight excluding hydrogens is 360 g/mol. The minimum Gasteiger partial charge on any atom is -0.381 e. The van der Waals surface area contributed by atoms with Crippen LogP contribution in [-0.2, 0) is 14.9 Å². The van der Waals surface area contributed by atoms with E-state index in [2.05, 4.69) is 54.8 Å². The molecule has 1 heterocycles. The molecule has 0 aromatic heterocycles. The molecule has 29 heavy (non-hydrogen) atoms. The largest absolute Gasteiger partial charge is 0.381 e. The van der Waals surface area contributed by atoms with Crippen LogP contribution >= 0.6 is 0 Å². The van der Waals surface area contributed by atoms with E-state index >= 15 is 0 Å². The fourth-order valence-electron chi connectivity index (χ4n) is 9.31. The monoisotopic (exact) mass is 394 g/mol. The van der Waals surface area contributed by atoms with Gasteiger partial charge >= 0.3 is 0 Å². The third-order valence-corrected chi connectivity index (χ3v) is 9.74. The van der Waals surface area contributed by atoms with Gasteiger partial charge in [0.05, 0.1) is 12.0 Å². The van der Waals surface area contributed by atoms with Crippen LogP contribution in [0.4, 0.5) is 0 Å². The molecule has 1 aromatic carbocycles. The Morgan fingerprint density at radius 3 is 2.79 bits per heavy atom. The lowest BCUT2D eigenvalue weighted by Crippen LogP contribution is -2.98. The minimum absolute atomic E-state index is 0.144. The van der Waals surface area contributed by atoms with E-state index in [-0.39, 0.29) is 21.7 Å². The highest BCUT2D eigenvalue weighted by atomic mass is 16.5. The Balaban J connectivity index is 1.32. The summed E-state index contributed by atoms with van der Waals surface area (Å²) in [5.41, 5.74) is 1.93. The summed E-state index contributed by atoms with van der Waals surface area (Å²) in [5, 5.41) is 7.02.